The molecule has 3 aromatic rings. The van der Waals surface area contributed by atoms with Gasteiger partial charge in [-0.25, -0.2) is 18.3 Å². The van der Waals surface area contributed by atoms with Crippen LogP contribution in [0.25, 0.3) is 5.69 Å². The summed E-state index contributed by atoms with van der Waals surface area (Å²) in [5.41, 5.74) is -0.630. The summed E-state index contributed by atoms with van der Waals surface area (Å²) in [4.78, 5) is 11.9. The first-order valence-corrected chi connectivity index (χ1v) is 8.35. The minimum atomic E-state index is -4.88. The number of rotatable bonds is 5. The van der Waals surface area contributed by atoms with E-state index in [1.54, 1.807) is 0 Å². The summed E-state index contributed by atoms with van der Waals surface area (Å²) in [6.45, 7) is 0.0674. The third kappa shape index (κ3) is 5.09. The number of aromatic nitrogens is 2. The smallest absolute Gasteiger partial charge is 0.406 e. The molecule has 1 aromatic heterocycles. The van der Waals surface area contributed by atoms with Crippen molar-refractivity contribution in [3.05, 3.63) is 77.6 Å². The minimum Gasteiger partial charge on any atom is -0.406 e. The van der Waals surface area contributed by atoms with Gasteiger partial charge in [-0.2, -0.15) is 18.3 Å². The minimum absolute atomic E-state index is 0.0507. The fraction of sp³-hybridized carbons (Fsp3) is 0.158. The second-order valence-corrected chi connectivity index (χ2v) is 5.94. The molecule has 0 aliphatic carbocycles. The molecule has 0 saturated carbocycles. The molecule has 0 aliphatic rings. The van der Waals surface area contributed by atoms with Crippen molar-refractivity contribution in [1.82, 2.24) is 15.1 Å². The van der Waals surface area contributed by atoms with Gasteiger partial charge in [0.1, 0.15) is 11.6 Å². The lowest BCUT2D eigenvalue weighted by Crippen LogP contribution is -2.29. The van der Waals surface area contributed by atoms with Gasteiger partial charge in [0.15, 0.2) is 11.4 Å². The van der Waals surface area contributed by atoms with Crippen LogP contribution in [0.1, 0.15) is 11.3 Å². The molecule has 0 saturated heterocycles. The Morgan fingerprint density at radius 3 is 2.17 bits per heavy atom. The number of amides is 1. The Bertz CT molecular complexity index is 983. The van der Waals surface area contributed by atoms with Crippen LogP contribution < -0.4 is 10.1 Å². The van der Waals surface area contributed by atoms with E-state index in [4.69, 9.17) is 4.74 Å². The second kappa shape index (κ2) is 8.29. The molecule has 1 N–H and O–H groups in total. The number of hydrogen-bond acceptors (Lipinski definition) is 3. The van der Waals surface area contributed by atoms with Crippen LogP contribution in [-0.4, -0.2) is 22.4 Å². The average molecular weight is 411 g/mol. The maximum atomic E-state index is 13.5. The summed E-state index contributed by atoms with van der Waals surface area (Å²) >= 11 is 0. The van der Waals surface area contributed by atoms with Gasteiger partial charge in [0.05, 0.1) is 11.9 Å². The summed E-state index contributed by atoms with van der Waals surface area (Å²) in [5.74, 6) is -1.81. The second-order valence-electron chi connectivity index (χ2n) is 5.94. The SMILES string of the molecule is O=C(NCCc1ccc(F)cc1)Oc1cnn(-c2ccc(F)cc2)c1C(F)(F)F. The third-order valence-electron chi connectivity index (χ3n) is 3.87. The van der Waals surface area contributed by atoms with E-state index in [0.29, 0.717) is 11.1 Å². The van der Waals surface area contributed by atoms with Crippen LogP contribution in [0, 0.1) is 11.6 Å². The number of hydrogen-bond donors (Lipinski definition) is 1. The van der Waals surface area contributed by atoms with Crippen molar-refractivity contribution in [3.8, 4) is 11.4 Å². The zero-order valence-corrected chi connectivity index (χ0v) is 14.7. The number of carbonyl (C=O) groups is 1. The van der Waals surface area contributed by atoms with Crippen LogP contribution >= 0.6 is 0 Å². The van der Waals surface area contributed by atoms with Crippen LogP contribution in [0.2, 0.25) is 0 Å². The zero-order valence-electron chi connectivity index (χ0n) is 14.7. The first-order chi connectivity index (χ1) is 13.7. The van der Waals surface area contributed by atoms with Gasteiger partial charge in [-0.15, -0.1) is 0 Å². The van der Waals surface area contributed by atoms with Crippen molar-refractivity contribution in [1.29, 1.82) is 0 Å². The quantitative estimate of drug-likeness (QED) is 0.629. The summed E-state index contributed by atoms with van der Waals surface area (Å²) in [6, 6.07) is 9.77. The molecule has 0 aliphatic heterocycles. The van der Waals surface area contributed by atoms with Crippen molar-refractivity contribution in [2.45, 2.75) is 12.6 Å². The van der Waals surface area contributed by atoms with Gasteiger partial charge in [-0.05, 0) is 48.4 Å². The number of benzene rings is 2. The fourth-order valence-electron chi connectivity index (χ4n) is 2.54. The molecule has 0 radical (unpaired) electrons. The highest BCUT2D eigenvalue weighted by Gasteiger charge is 2.40. The van der Waals surface area contributed by atoms with Crippen molar-refractivity contribution in [2.24, 2.45) is 0 Å². The highest BCUT2D eigenvalue weighted by Crippen LogP contribution is 2.37. The predicted molar refractivity (Wildman–Crippen MR) is 92.7 cm³/mol. The van der Waals surface area contributed by atoms with Crippen LogP contribution in [0.5, 0.6) is 5.75 Å². The number of halogens is 5. The molecular formula is C19H14F5N3O2. The molecule has 1 amide bonds. The molecule has 152 valence electrons. The maximum Gasteiger partial charge on any atom is 0.437 e. The molecular weight excluding hydrogens is 397 g/mol. The summed E-state index contributed by atoms with van der Waals surface area (Å²) in [5, 5.41) is 5.93. The van der Waals surface area contributed by atoms with E-state index in [2.05, 4.69) is 10.4 Å². The Hall–Kier alpha value is -3.43. The standard InChI is InChI=1S/C19H14F5N3O2/c20-13-3-1-12(2-4-13)9-10-25-18(28)29-16-11-26-27(17(16)19(22,23)24)15-7-5-14(21)6-8-15/h1-8,11H,9-10H2,(H,25,28). The summed E-state index contributed by atoms with van der Waals surface area (Å²) < 4.78 is 71.6. The van der Waals surface area contributed by atoms with Crippen LogP contribution in [-0.2, 0) is 12.6 Å². The first-order valence-electron chi connectivity index (χ1n) is 8.35. The Balaban J connectivity index is 1.70. The largest absolute Gasteiger partial charge is 0.437 e. The number of ether oxygens (including phenoxy) is 1. The molecule has 0 atom stereocenters. The van der Waals surface area contributed by atoms with Gasteiger partial charge >= 0.3 is 12.3 Å². The van der Waals surface area contributed by atoms with E-state index in [1.165, 1.54) is 24.3 Å². The lowest BCUT2D eigenvalue weighted by atomic mass is 10.1. The van der Waals surface area contributed by atoms with Crippen molar-refractivity contribution < 1.29 is 31.5 Å². The molecule has 29 heavy (non-hydrogen) atoms. The Labute approximate surface area is 161 Å². The first kappa shape index (κ1) is 20.3. The van der Waals surface area contributed by atoms with E-state index in [1.807, 2.05) is 0 Å². The lowest BCUT2D eigenvalue weighted by molar-refractivity contribution is -0.143. The highest BCUT2D eigenvalue weighted by molar-refractivity contribution is 5.70. The topological polar surface area (TPSA) is 56.1 Å². The van der Waals surface area contributed by atoms with E-state index >= 15 is 0 Å². The van der Waals surface area contributed by atoms with Crippen molar-refractivity contribution >= 4 is 6.09 Å². The summed E-state index contributed by atoms with van der Waals surface area (Å²) in [6.07, 6.45) is -4.90. The number of alkyl halides is 3. The fourth-order valence-corrected chi connectivity index (χ4v) is 2.54. The zero-order chi connectivity index (χ0) is 21.0. The van der Waals surface area contributed by atoms with E-state index in [0.717, 1.165) is 36.0 Å². The average Bonchev–Trinajstić information content (AvgIpc) is 3.08. The molecule has 3 rings (SSSR count). The van der Waals surface area contributed by atoms with Crippen molar-refractivity contribution in [2.75, 3.05) is 6.54 Å². The lowest BCUT2D eigenvalue weighted by Gasteiger charge is -2.13. The number of carbonyl (C=O) groups excluding carboxylic acids is 1. The maximum absolute atomic E-state index is 13.5. The Morgan fingerprint density at radius 2 is 1.59 bits per heavy atom. The van der Waals surface area contributed by atoms with Crippen LogP contribution in [0.15, 0.2) is 54.7 Å². The van der Waals surface area contributed by atoms with Crippen LogP contribution in [0.3, 0.4) is 0 Å². The monoisotopic (exact) mass is 411 g/mol. The van der Waals surface area contributed by atoms with Gasteiger partial charge in [-0.1, -0.05) is 12.1 Å². The Morgan fingerprint density at radius 1 is 1.00 bits per heavy atom. The molecule has 10 heteroatoms. The third-order valence-corrected chi connectivity index (χ3v) is 3.87. The Kier molecular flexibility index (Phi) is 5.81. The van der Waals surface area contributed by atoms with Gasteiger partial charge in [0, 0.05) is 6.54 Å². The highest BCUT2D eigenvalue weighted by atomic mass is 19.4. The van der Waals surface area contributed by atoms with Gasteiger partial charge in [0.25, 0.3) is 0 Å². The van der Waals surface area contributed by atoms with Crippen molar-refractivity contribution in [3.63, 3.8) is 0 Å². The predicted octanol–water partition coefficient (Wildman–Crippen LogP) is 4.50. The summed E-state index contributed by atoms with van der Waals surface area (Å²) in [7, 11) is 0. The van der Waals surface area contributed by atoms with Gasteiger partial charge in [-0.3, -0.25) is 0 Å². The van der Waals surface area contributed by atoms with Gasteiger partial charge < -0.3 is 10.1 Å². The normalized spacial score (nSPS) is 11.3. The molecule has 0 fully saturated rings. The number of nitrogens with zero attached hydrogens (tertiary/aromatic N) is 2. The molecule has 0 unspecified atom stereocenters. The molecule has 1 heterocycles. The van der Waals surface area contributed by atoms with Crippen LogP contribution in [0.4, 0.5) is 26.7 Å². The molecule has 5 nitrogen and oxygen atoms in total. The molecule has 0 spiro atoms. The molecule has 0 bridgehead atoms. The van der Waals surface area contributed by atoms with Gasteiger partial charge in [0.2, 0.25) is 0 Å². The van der Waals surface area contributed by atoms with E-state index in [9.17, 15) is 26.7 Å². The molecule has 2 aromatic carbocycles. The van der Waals surface area contributed by atoms with E-state index < -0.39 is 35.3 Å². The van der Waals surface area contributed by atoms with E-state index in [-0.39, 0.29) is 12.2 Å². The number of nitrogens with one attached hydrogen (secondary N) is 1.